The molecule has 0 aliphatic carbocycles. The lowest BCUT2D eigenvalue weighted by Gasteiger charge is -2.27. The average molecular weight is 524 g/mol. The lowest BCUT2D eigenvalue weighted by molar-refractivity contribution is 0.0127. The minimum atomic E-state index is -1.07. The molecule has 9 heteroatoms. The van der Waals surface area contributed by atoms with Crippen LogP contribution in [-0.2, 0) is 10.3 Å². The standard InChI is InChI=1S/C28H37N5O3S/c1-18(2)22-8-11-29-25(32-22)31-21-15-19(3)14-20(16-21)23-17-30-24(37-23)28(35)9-7-12-33(13-10-28)26(34)36-27(4,5)6/h8,11,14-18,35H,7,9-10,12-13H2,1-6H3,(H,29,31,32)/t28-/m1/s1. The van der Waals surface area contributed by atoms with Crippen molar-refractivity contribution < 1.29 is 14.6 Å². The van der Waals surface area contributed by atoms with Crippen LogP contribution in [-0.4, -0.2) is 49.7 Å². The van der Waals surface area contributed by atoms with E-state index < -0.39 is 11.2 Å². The predicted molar refractivity (Wildman–Crippen MR) is 147 cm³/mol. The largest absolute Gasteiger partial charge is 0.444 e. The number of nitrogens with zero attached hydrogens (tertiary/aromatic N) is 4. The van der Waals surface area contributed by atoms with Gasteiger partial charge in [-0.3, -0.25) is 0 Å². The molecule has 1 fully saturated rings. The van der Waals surface area contributed by atoms with Crippen LogP contribution in [0.4, 0.5) is 16.4 Å². The third-order valence-electron chi connectivity index (χ3n) is 6.26. The number of rotatable bonds is 5. The van der Waals surface area contributed by atoms with Crippen LogP contribution in [0.15, 0.2) is 36.7 Å². The van der Waals surface area contributed by atoms with Crippen molar-refractivity contribution in [2.75, 3.05) is 18.4 Å². The first kappa shape index (κ1) is 27.0. The molecule has 1 aliphatic rings. The van der Waals surface area contributed by atoms with Gasteiger partial charge in [-0.2, -0.15) is 0 Å². The van der Waals surface area contributed by atoms with Crippen LogP contribution in [0.2, 0.25) is 0 Å². The van der Waals surface area contributed by atoms with Crippen molar-refractivity contribution in [3.8, 4) is 10.4 Å². The summed E-state index contributed by atoms with van der Waals surface area (Å²) in [6, 6.07) is 8.15. The summed E-state index contributed by atoms with van der Waals surface area (Å²) in [5.41, 5.74) is 2.37. The smallest absolute Gasteiger partial charge is 0.410 e. The molecule has 2 aromatic heterocycles. The summed E-state index contributed by atoms with van der Waals surface area (Å²) in [6.07, 6.45) is 4.90. The van der Waals surface area contributed by atoms with Gasteiger partial charge in [0, 0.05) is 43.3 Å². The molecule has 0 spiro atoms. The molecule has 1 atom stereocenters. The van der Waals surface area contributed by atoms with Crippen molar-refractivity contribution >= 4 is 29.1 Å². The van der Waals surface area contributed by atoms with E-state index in [0.717, 1.165) is 27.4 Å². The molecule has 0 radical (unpaired) electrons. The van der Waals surface area contributed by atoms with Gasteiger partial charge >= 0.3 is 6.09 Å². The summed E-state index contributed by atoms with van der Waals surface area (Å²) in [4.78, 5) is 28.8. The van der Waals surface area contributed by atoms with Gasteiger partial charge in [-0.05, 0) is 75.8 Å². The van der Waals surface area contributed by atoms with Crippen LogP contribution in [0, 0.1) is 6.92 Å². The maximum atomic E-state index is 12.5. The highest BCUT2D eigenvalue weighted by atomic mass is 32.1. The normalized spacial score (nSPS) is 18.5. The summed E-state index contributed by atoms with van der Waals surface area (Å²) < 4.78 is 5.53. The molecule has 1 aliphatic heterocycles. The van der Waals surface area contributed by atoms with Gasteiger partial charge in [-0.25, -0.2) is 19.7 Å². The molecule has 4 rings (SSSR count). The van der Waals surface area contributed by atoms with Crippen molar-refractivity contribution in [1.82, 2.24) is 19.9 Å². The molecule has 3 heterocycles. The number of aryl methyl sites for hydroxylation is 1. The third-order valence-corrected chi connectivity index (χ3v) is 7.50. The SMILES string of the molecule is Cc1cc(Nc2nccc(C(C)C)n2)cc(-c2cnc([C@@]3(O)CCCN(C(=O)OC(C)(C)C)CC3)s2)c1. The Morgan fingerprint density at radius 3 is 2.70 bits per heavy atom. The number of carbonyl (C=O) groups excluding carboxylic acids is 1. The molecule has 1 amide bonds. The maximum absolute atomic E-state index is 12.5. The van der Waals surface area contributed by atoms with E-state index in [0.29, 0.717) is 49.2 Å². The van der Waals surface area contributed by atoms with Gasteiger partial charge in [-0.15, -0.1) is 11.3 Å². The third kappa shape index (κ3) is 6.84. The lowest BCUT2D eigenvalue weighted by Crippen LogP contribution is -2.38. The van der Waals surface area contributed by atoms with Gasteiger partial charge in [0.25, 0.3) is 0 Å². The number of thiazole rings is 1. The Morgan fingerprint density at radius 1 is 1.19 bits per heavy atom. The monoisotopic (exact) mass is 523 g/mol. The minimum Gasteiger partial charge on any atom is -0.444 e. The number of nitrogens with one attached hydrogen (secondary N) is 1. The van der Waals surface area contributed by atoms with Gasteiger partial charge in [0.15, 0.2) is 0 Å². The highest BCUT2D eigenvalue weighted by molar-refractivity contribution is 7.15. The minimum absolute atomic E-state index is 0.318. The van der Waals surface area contributed by atoms with E-state index >= 15 is 0 Å². The van der Waals surface area contributed by atoms with E-state index in [-0.39, 0.29) is 6.09 Å². The number of aromatic nitrogens is 3. The molecule has 0 saturated carbocycles. The van der Waals surface area contributed by atoms with E-state index in [1.807, 2.05) is 40.0 Å². The fourth-order valence-electron chi connectivity index (χ4n) is 4.35. The molecule has 1 aromatic carbocycles. The number of carbonyl (C=O) groups is 1. The predicted octanol–water partition coefficient (Wildman–Crippen LogP) is 6.38. The zero-order valence-corrected chi connectivity index (χ0v) is 23.4. The second-order valence-electron chi connectivity index (χ2n) is 11.1. The number of hydrogen-bond acceptors (Lipinski definition) is 8. The zero-order valence-electron chi connectivity index (χ0n) is 22.5. The van der Waals surface area contributed by atoms with E-state index in [1.54, 1.807) is 11.1 Å². The topological polar surface area (TPSA) is 100 Å². The van der Waals surface area contributed by atoms with E-state index in [4.69, 9.17) is 4.74 Å². The molecule has 0 unspecified atom stereocenters. The van der Waals surface area contributed by atoms with Crippen LogP contribution in [0.3, 0.4) is 0 Å². The molecule has 0 bridgehead atoms. The van der Waals surface area contributed by atoms with Crippen LogP contribution < -0.4 is 5.32 Å². The average Bonchev–Trinajstić information content (AvgIpc) is 3.23. The zero-order chi connectivity index (χ0) is 26.8. The Morgan fingerprint density at radius 2 is 1.97 bits per heavy atom. The first-order valence-corrected chi connectivity index (χ1v) is 13.6. The Bertz CT molecular complexity index is 1250. The van der Waals surface area contributed by atoms with Crippen LogP contribution >= 0.6 is 11.3 Å². The number of hydrogen-bond donors (Lipinski definition) is 2. The number of anilines is 2. The van der Waals surface area contributed by atoms with E-state index in [9.17, 15) is 9.90 Å². The Kier molecular flexibility index (Phi) is 7.85. The summed E-state index contributed by atoms with van der Waals surface area (Å²) in [6.45, 7) is 12.8. The summed E-state index contributed by atoms with van der Waals surface area (Å²) >= 11 is 1.50. The van der Waals surface area contributed by atoms with Crippen LogP contribution in [0.5, 0.6) is 0 Å². The van der Waals surface area contributed by atoms with Crippen LogP contribution in [0.1, 0.15) is 76.1 Å². The van der Waals surface area contributed by atoms with Gasteiger partial charge in [0.05, 0.1) is 4.88 Å². The van der Waals surface area contributed by atoms with Crippen molar-refractivity contribution in [1.29, 1.82) is 0 Å². The first-order valence-electron chi connectivity index (χ1n) is 12.8. The summed E-state index contributed by atoms with van der Waals surface area (Å²) in [5, 5.41) is 15.5. The number of likely N-dealkylation sites (tertiary alicyclic amines) is 1. The second kappa shape index (κ2) is 10.8. The quantitative estimate of drug-likeness (QED) is 0.400. The Balaban J connectivity index is 1.51. The molecule has 3 aromatic rings. The molecule has 2 N–H and O–H groups in total. The lowest BCUT2D eigenvalue weighted by atomic mass is 9.96. The fourth-order valence-corrected chi connectivity index (χ4v) is 5.39. The number of aliphatic hydroxyl groups is 1. The molecular formula is C28H37N5O3S. The fraction of sp³-hybridized carbons (Fsp3) is 0.500. The van der Waals surface area contributed by atoms with Crippen molar-refractivity contribution in [2.24, 2.45) is 0 Å². The van der Waals surface area contributed by atoms with E-state index in [2.05, 4.69) is 52.3 Å². The molecule has 198 valence electrons. The molecule has 1 saturated heterocycles. The Labute approximate surface area is 223 Å². The first-order chi connectivity index (χ1) is 17.4. The number of amides is 1. The van der Waals surface area contributed by atoms with Crippen molar-refractivity contribution in [3.05, 3.63) is 52.9 Å². The maximum Gasteiger partial charge on any atom is 0.410 e. The second-order valence-corrected chi connectivity index (χ2v) is 12.1. The van der Waals surface area contributed by atoms with Gasteiger partial charge in [0.1, 0.15) is 16.2 Å². The Hall–Kier alpha value is -3.04. The summed E-state index contributed by atoms with van der Waals surface area (Å²) in [5.74, 6) is 0.883. The highest BCUT2D eigenvalue weighted by Crippen LogP contribution is 2.39. The summed E-state index contributed by atoms with van der Waals surface area (Å²) in [7, 11) is 0. The highest BCUT2D eigenvalue weighted by Gasteiger charge is 2.36. The number of ether oxygens (including phenoxy) is 1. The van der Waals surface area contributed by atoms with Crippen LogP contribution in [0.25, 0.3) is 10.4 Å². The molecular weight excluding hydrogens is 486 g/mol. The van der Waals surface area contributed by atoms with Gasteiger partial charge < -0.3 is 20.1 Å². The van der Waals surface area contributed by atoms with E-state index in [1.165, 1.54) is 11.3 Å². The molecule has 8 nitrogen and oxygen atoms in total. The van der Waals surface area contributed by atoms with Crippen molar-refractivity contribution in [2.45, 2.75) is 77.9 Å². The number of benzene rings is 1. The molecule has 37 heavy (non-hydrogen) atoms. The van der Waals surface area contributed by atoms with Crippen molar-refractivity contribution in [3.63, 3.8) is 0 Å². The van der Waals surface area contributed by atoms with Gasteiger partial charge in [-0.1, -0.05) is 19.9 Å². The van der Waals surface area contributed by atoms with Gasteiger partial charge in [0.2, 0.25) is 5.95 Å².